The first kappa shape index (κ1) is 13.9. The molecule has 104 valence electrons. The van der Waals surface area contributed by atoms with Crippen molar-refractivity contribution in [2.75, 3.05) is 13.1 Å². The molecular formula is C15H28N2O. The number of hydrogen-bond donors (Lipinski definition) is 2. The van der Waals surface area contributed by atoms with Crippen molar-refractivity contribution in [1.82, 2.24) is 10.6 Å². The third kappa shape index (κ3) is 3.25. The molecule has 18 heavy (non-hydrogen) atoms. The molecule has 0 radical (unpaired) electrons. The molecule has 0 aromatic carbocycles. The molecule has 2 aliphatic rings. The summed E-state index contributed by atoms with van der Waals surface area (Å²) in [6.07, 6.45) is 8.60. The van der Waals surface area contributed by atoms with Crippen LogP contribution in [0.25, 0.3) is 0 Å². The summed E-state index contributed by atoms with van der Waals surface area (Å²) in [4.78, 5) is 12.3. The quantitative estimate of drug-likeness (QED) is 0.807. The molecule has 1 aliphatic carbocycles. The molecule has 0 aromatic rings. The van der Waals surface area contributed by atoms with Crippen LogP contribution in [0.3, 0.4) is 0 Å². The fourth-order valence-electron chi connectivity index (χ4n) is 3.37. The van der Waals surface area contributed by atoms with Crippen LogP contribution in [0.4, 0.5) is 0 Å². The zero-order valence-corrected chi connectivity index (χ0v) is 11.9. The first-order valence-corrected chi connectivity index (χ1v) is 7.66. The van der Waals surface area contributed by atoms with Crippen molar-refractivity contribution in [3.05, 3.63) is 0 Å². The van der Waals surface area contributed by atoms with Gasteiger partial charge in [0.1, 0.15) is 0 Å². The van der Waals surface area contributed by atoms with E-state index >= 15 is 0 Å². The summed E-state index contributed by atoms with van der Waals surface area (Å²) in [5.41, 5.74) is -0.166. The van der Waals surface area contributed by atoms with E-state index in [1.807, 2.05) is 0 Å². The van der Waals surface area contributed by atoms with Crippen LogP contribution < -0.4 is 10.6 Å². The van der Waals surface area contributed by atoms with Gasteiger partial charge >= 0.3 is 0 Å². The molecule has 3 nitrogen and oxygen atoms in total. The Morgan fingerprint density at radius 1 is 1.33 bits per heavy atom. The van der Waals surface area contributed by atoms with E-state index in [9.17, 15) is 4.79 Å². The highest BCUT2D eigenvalue weighted by Crippen LogP contribution is 2.29. The second-order valence-corrected chi connectivity index (χ2v) is 6.47. The lowest BCUT2D eigenvalue weighted by Gasteiger charge is -2.31. The van der Waals surface area contributed by atoms with Gasteiger partial charge in [0.25, 0.3) is 0 Å². The Labute approximate surface area is 111 Å². The smallest absolute Gasteiger partial charge is 0.227 e. The summed E-state index contributed by atoms with van der Waals surface area (Å²) in [6.45, 7) is 6.17. The molecule has 0 aromatic heterocycles. The number of carbonyl (C=O) groups is 1. The molecule has 1 atom stereocenters. The largest absolute Gasteiger partial charge is 0.353 e. The highest BCUT2D eigenvalue weighted by atomic mass is 16.2. The molecular weight excluding hydrogens is 224 g/mol. The minimum atomic E-state index is -0.166. The molecule has 1 unspecified atom stereocenters. The standard InChI is InChI=1S/C15H28N2O/c1-3-4-12-5-7-13(8-6-12)17-14(18)15(2)9-10-16-11-15/h12-13,16H,3-11H2,1-2H3,(H,17,18). The molecule has 3 heteroatoms. The van der Waals surface area contributed by atoms with Crippen LogP contribution in [0.1, 0.15) is 58.8 Å². The highest BCUT2D eigenvalue weighted by molar-refractivity contribution is 5.83. The van der Waals surface area contributed by atoms with E-state index in [-0.39, 0.29) is 11.3 Å². The summed E-state index contributed by atoms with van der Waals surface area (Å²) in [7, 11) is 0. The molecule has 0 bridgehead atoms. The van der Waals surface area contributed by atoms with Crippen molar-refractivity contribution >= 4 is 5.91 Å². The first-order chi connectivity index (χ1) is 8.64. The van der Waals surface area contributed by atoms with Crippen LogP contribution in [0, 0.1) is 11.3 Å². The van der Waals surface area contributed by atoms with E-state index in [4.69, 9.17) is 0 Å². The van der Waals surface area contributed by atoms with E-state index in [1.54, 1.807) is 0 Å². The molecule has 1 aliphatic heterocycles. The van der Waals surface area contributed by atoms with Crippen LogP contribution >= 0.6 is 0 Å². The van der Waals surface area contributed by atoms with Crippen LogP contribution in [0.2, 0.25) is 0 Å². The minimum absolute atomic E-state index is 0.166. The van der Waals surface area contributed by atoms with Crippen molar-refractivity contribution in [3.63, 3.8) is 0 Å². The van der Waals surface area contributed by atoms with Gasteiger partial charge in [0.2, 0.25) is 5.91 Å². The summed E-state index contributed by atoms with van der Waals surface area (Å²) in [5.74, 6) is 1.18. The van der Waals surface area contributed by atoms with Gasteiger partial charge in [-0.3, -0.25) is 4.79 Å². The average molecular weight is 252 g/mol. The van der Waals surface area contributed by atoms with Gasteiger partial charge in [-0.25, -0.2) is 0 Å². The zero-order valence-electron chi connectivity index (χ0n) is 11.9. The molecule has 1 amide bonds. The Hall–Kier alpha value is -0.570. The topological polar surface area (TPSA) is 41.1 Å². The third-order valence-electron chi connectivity index (χ3n) is 4.80. The number of amides is 1. The normalized spacial score (nSPS) is 36.6. The van der Waals surface area contributed by atoms with Gasteiger partial charge in [-0.05, 0) is 51.5 Å². The zero-order chi connectivity index (χ0) is 13.0. The highest BCUT2D eigenvalue weighted by Gasteiger charge is 2.37. The van der Waals surface area contributed by atoms with Crippen LogP contribution in [-0.2, 0) is 4.79 Å². The van der Waals surface area contributed by atoms with Gasteiger partial charge in [-0.2, -0.15) is 0 Å². The van der Waals surface area contributed by atoms with Crippen LogP contribution in [0.5, 0.6) is 0 Å². The minimum Gasteiger partial charge on any atom is -0.353 e. The maximum atomic E-state index is 12.3. The lowest BCUT2D eigenvalue weighted by atomic mass is 9.82. The maximum Gasteiger partial charge on any atom is 0.227 e. The fraction of sp³-hybridized carbons (Fsp3) is 0.933. The van der Waals surface area contributed by atoms with Crippen molar-refractivity contribution in [2.45, 2.75) is 64.8 Å². The van der Waals surface area contributed by atoms with E-state index in [0.717, 1.165) is 25.4 Å². The third-order valence-corrected chi connectivity index (χ3v) is 4.80. The Balaban J connectivity index is 1.76. The Morgan fingerprint density at radius 3 is 2.61 bits per heavy atom. The number of carbonyl (C=O) groups excluding carboxylic acids is 1. The van der Waals surface area contributed by atoms with E-state index < -0.39 is 0 Å². The first-order valence-electron chi connectivity index (χ1n) is 7.66. The summed E-state index contributed by atoms with van der Waals surface area (Å²) >= 11 is 0. The van der Waals surface area contributed by atoms with Crippen LogP contribution in [0.15, 0.2) is 0 Å². The molecule has 2 rings (SSSR count). The maximum absolute atomic E-state index is 12.3. The number of hydrogen-bond acceptors (Lipinski definition) is 2. The van der Waals surface area contributed by atoms with E-state index in [0.29, 0.717) is 6.04 Å². The average Bonchev–Trinajstić information content (AvgIpc) is 2.80. The summed E-state index contributed by atoms with van der Waals surface area (Å²) < 4.78 is 0. The van der Waals surface area contributed by atoms with Crippen molar-refractivity contribution in [3.8, 4) is 0 Å². The monoisotopic (exact) mass is 252 g/mol. The Morgan fingerprint density at radius 2 is 2.06 bits per heavy atom. The predicted octanol–water partition coefficient (Wildman–Crippen LogP) is 2.46. The van der Waals surface area contributed by atoms with Gasteiger partial charge in [0.05, 0.1) is 5.41 Å². The number of rotatable bonds is 4. The molecule has 0 spiro atoms. The predicted molar refractivity (Wildman–Crippen MR) is 74.4 cm³/mol. The van der Waals surface area contributed by atoms with Crippen molar-refractivity contribution in [1.29, 1.82) is 0 Å². The number of nitrogens with one attached hydrogen (secondary N) is 2. The lowest BCUT2D eigenvalue weighted by Crippen LogP contribution is -2.46. The van der Waals surface area contributed by atoms with Crippen molar-refractivity contribution < 1.29 is 4.79 Å². The second-order valence-electron chi connectivity index (χ2n) is 6.47. The summed E-state index contributed by atoms with van der Waals surface area (Å²) in [6, 6.07) is 0.433. The van der Waals surface area contributed by atoms with Gasteiger partial charge in [-0.15, -0.1) is 0 Å². The molecule has 2 N–H and O–H groups in total. The van der Waals surface area contributed by atoms with Crippen LogP contribution in [-0.4, -0.2) is 25.0 Å². The summed E-state index contributed by atoms with van der Waals surface area (Å²) in [5, 5.41) is 6.58. The van der Waals surface area contributed by atoms with E-state index in [2.05, 4.69) is 24.5 Å². The van der Waals surface area contributed by atoms with Gasteiger partial charge in [0.15, 0.2) is 0 Å². The Kier molecular flexibility index (Phi) is 4.66. The van der Waals surface area contributed by atoms with Gasteiger partial charge < -0.3 is 10.6 Å². The lowest BCUT2D eigenvalue weighted by molar-refractivity contribution is -0.130. The Bertz CT molecular complexity index is 276. The molecule has 1 saturated heterocycles. The molecule has 1 heterocycles. The second kappa shape index (κ2) is 6.05. The van der Waals surface area contributed by atoms with Crippen molar-refractivity contribution in [2.24, 2.45) is 11.3 Å². The molecule has 1 saturated carbocycles. The SMILES string of the molecule is CCCC1CCC(NC(=O)C2(C)CCNC2)CC1. The fourth-order valence-corrected chi connectivity index (χ4v) is 3.37. The molecule has 2 fully saturated rings. The van der Waals surface area contributed by atoms with Gasteiger partial charge in [-0.1, -0.05) is 19.8 Å². The van der Waals surface area contributed by atoms with E-state index in [1.165, 1.54) is 38.5 Å². The van der Waals surface area contributed by atoms with Gasteiger partial charge in [0, 0.05) is 12.6 Å².